The lowest BCUT2D eigenvalue weighted by Gasteiger charge is -2.12. The molecule has 2 N–H and O–H groups in total. The molecule has 0 aliphatic carbocycles. The Bertz CT molecular complexity index is 1050. The highest BCUT2D eigenvalue weighted by atomic mass is 35.5. The number of amides is 1. The molecule has 0 saturated carbocycles. The van der Waals surface area contributed by atoms with Crippen molar-refractivity contribution in [3.8, 4) is 5.75 Å². The number of carbonyl (C=O) groups is 2. The van der Waals surface area contributed by atoms with Crippen LogP contribution in [0.15, 0.2) is 48.5 Å². The summed E-state index contributed by atoms with van der Waals surface area (Å²) in [6.07, 6.45) is 0. The molecule has 0 saturated heterocycles. The molecule has 0 radical (unpaired) electrons. The van der Waals surface area contributed by atoms with Crippen LogP contribution in [0.25, 0.3) is 10.8 Å². The number of nitrogens with one attached hydrogen (secondary N) is 1. The van der Waals surface area contributed by atoms with Gasteiger partial charge in [-0.1, -0.05) is 59.6 Å². The number of anilines is 1. The third kappa shape index (κ3) is 3.99. The monoisotopic (exact) mass is 403 g/mol. The fraction of sp³-hybridized carbons (Fsp3) is 0.100. The predicted octanol–water partition coefficient (Wildman–Crippen LogP) is 4.96. The minimum Gasteiger partial charge on any atom is -0.506 e. The van der Waals surface area contributed by atoms with Crippen LogP contribution in [0.4, 0.5) is 5.69 Å². The molecule has 0 aliphatic heterocycles. The summed E-state index contributed by atoms with van der Waals surface area (Å²) < 4.78 is 5.00. The van der Waals surface area contributed by atoms with Gasteiger partial charge in [0.15, 0.2) is 6.61 Å². The van der Waals surface area contributed by atoms with Crippen LogP contribution in [0.2, 0.25) is 10.0 Å². The van der Waals surface area contributed by atoms with Crippen molar-refractivity contribution < 1.29 is 19.4 Å². The van der Waals surface area contributed by atoms with Gasteiger partial charge in [-0.25, -0.2) is 4.79 Å². The number of hydrogen-bond acceptors (Lipinski definition) is 4. The Morgan fingerprint density at radius 2 is 1.81 bits per heavy atom. The quantitative estimate of drug-likeness (QED) is 0.603. The number of phenolic OH excluding ortho intramolecular Hbond substituents is 1. The van der Waals surface area contributed by atoms with Crippen molar-refractivity contribution in [1.82, 2.24) is 0 Å². The first-order valence-corrected chi connectivity index (χ1v) is 8.76. The standard InChI is InChI=1S/C20H15Cl2NO4/c1-11-6-9-15(21)18(17(11)22)23-16(24)10-27-20(26)14-8-7-12-4-2-3-5-13(12)19(14)25/h2-9,25H,10H2,1H3,(H,23,24). The molecule has 3 rings (SSSR count). The maximum absolute atomic E-state index is 12.2. The molecule has 0 aliphatic rings. The van der Waals surface area contributed by atoms with Crippen LogP contribution >= 0.6 is 23.2 Å². The second-order valence-corrected chi connectivity index (χ2v) is 6.65. The number of fused-ring (bicyclic) bond motifs is 1. The maximum atomic E-state index is 12.2. The molecule has 3 aromatic rings. The molecule has 0 spiro atoms. The van der Waals surface area contributed by atoms with Crippen LogP contribution in [0.5, 0.6) is 5.75 Å². The smallest absolute Gasteiger partial charge is 0.342 e. The van der Waals surface area contributed by atoms with Gasteiger partial charge in [0.05, 0.1) is 15.7 Å². The van der Waals surface area contributed by atoms with Gasteiger partial charge in [-0.05, 0) is 30.0 Å². The van der Waals surface area contributed by atoms with Crippen molar-refractivity contribution in [2.24, 2.45) is 0 Å². The maximum Gasteiger partial charge on any atom is 0.342 e. The molecular formula is C20H15Cl2NO4. The zero-order valence-electron chi connectivity index (χ0n) is 14.3. The normalized spacial score (nSPS) is 10.6. The summed E-state index contributed by atoms with van der Waals surface area (Å²) in [6, 6.07) is 13.6. The molecule has 138 valence electrons. The van der Waals surface area contributed by atoms with Crippen molar-refractivity contribution in [2.45, 2.75) is 6.92 Å². The van der Waals surface area contributed by atoms with Crippen LogP contribution in [-0.4, -0.2) is 23.6 Å². The van der Waals surface area contributed by atoms with Crippen LogP contribution in [-0.2, 0) is 9.53 Å². The average molecular weight is 404 g/mol. The summed E-state index contributed by atoms with van der Waals surface area (Å²) in [7, 11) is 0. The van der Waals surface area contributed by atoms with Gasteiger partial charge in [0, 0.05) is 5.39 Å². The number of esters is 1. The molecule has 27 heavy (non-hydrogen) atoms. The number of rotatable bonds is 4. The number of phenols is 1. The van der Waals surface area contributed by atoms with Crippen LogP contribution in [0, 0.1) is 6.92 Å². The molecule has 0 unspecified atom stereocenters. The Balaban J connectivity index is 1.70. The van der Waals surface area contributed by atoms with Crippen LogP contribution in [0.1, 0.15) is 15.9 Å². The molecule has 1 amide bonds. The van der Waals surface area contributed by atoms with E-state index < -0.39 is 18.5 Å². The number of aryl methyl sites for hydroxylation is 1. The van der Waals surface area contributed by atoms with E-state index >= 15 is 0 Å². The average Bonchev–Trinajstić information content (AvgIpc) is 2.67. The number of aromatic hydroxyl groups is 1. The number of hydrogen-bond donors (Lipinski definition) is 2. The first kappa shape index (κ1) is 19.0. The lowest BCUT2D eigenvalue weighted by molar-refractivity contribution is -0.119. The van der Waals surface area contributed by atoms with E-state index in [1.165, 1.54) is 6.07 Å². The van der Waals surface area contributed by atoms with Gasteiger partial charge in [0.25, 0.3) is 5.91 Å². The zero-order valence-corrected chi connectivity index (χ0v) is 15.8. The third-order valence-electron chi connectivity index (χ3n) is 4.00. The zero-order chi connectivity index (χ0) is 19.6. The highest BCUT2D eigenvalue weighted by Gasteiger charge is 2.18. The van der Waals surface area contributed by atoms with Gasteiger partial charge in [-0.2, -0.15) is 0 Å². The van der Waals surface area contributed by atoms with Crippen molar-refractivity contribution in [2.75, 3.05) is 11.9 Å². The summed E-state index contributed by atoms with van der Waals surface area (Å²) in [5.74, 6) is -1.60. The number of ether oxygens (including phenoxy) is 1. The van der Waals surface area contributed by atoms with E-state index in [1.807, 2.05) is 12.1 Å². The number of carbonyl (C=O) groups excluding carboxylic acids is 2. The lowest BCUT2D eigenvalue weighted by atomic mass is 10.1. The Hall–Kier alpha value is -2.76. The summed E-state index contributed by atoms with van der Waals surface area (Å²) in [5, 5.41) is 14.7. The third-order valence-corrected chi connectivity index (χ3v) is 4.81. The van der Waals surface area contributed by atoms with E-state index in [-0.39, 0.29) is 22.0 Å². The van der Waals surface area contributed by atoms with Crippen molar-refractivity contribution in [3.63, 3.8) is 0 Å². The highest BCUT2D eigenvalue weighted by molar-refractivity contribution is 6.40. The van der Waals surface area contributed by atoms with Gasteiger partial charge < -0.3 is 15.2 Å². The largest absolute Gasteiger partial charge is 0.506 e. The second-order valence-electron chi connectivity index (χ2n) is 5.86. The topological polar surface area (TPSA) is 75.6 Å². The van der Waals surface area contributed by atoms with Crippen molar-refractivity contribution >= 4 is 51.5 Å². The van der Waals surface area contributed by atoms with E-state index in [0.29, 0.717) is 10.4 Å². The van der Waals surface area contributed by atoms with E-state index in [9.17, 15) is 14.7 Å². The first-order chi connectivity index (χ1) is 12.9. The molecule has 7 heteroatoms. The second kappa shape index (κ2) is 7.86. The lowest BCUT2D eigenvalue weighted by Crippen LogP contribution is -2.21. The summed E-state index contributed by atoms with van der Waals surface area (Å²) in [5.41, 5.74) is 0.982. The molecule has 5 nitrogen and oxygen atoms in total. The van der Waals surface area contributed by atoms with Crippen LogP contribution < -0.4 is 5.32 Å². The SMILES string of the molecule is Cc1ccc(Cl)c(NC(=O)COC(=O)c2ccc3ccccc3c2O)c1Cl. The molecule has 0 aromatic heterocycles. The summed E-state index contributed by atoms with van der Waals surface area (Å²) >= 11 is 12.2. The van der Waals surface area contributed by atoms with Gasteiger partial charge >= 0.3 is 5.97 Å². The Morgan fingerprint density at radius 3 is 2.59 bits per heavy atom. The highest BCUT2D eigenvalue weighted by Crippen LogP contribution is 2.33. The summed E-state index contributed by atoms with van der Waals surface area (Å²) in [4.78, 5) is 24.3. The number of halogens is 2. The van der Waals surface area contributed by atoms with Gasteiger partial charge in [-0.15, -0.1) is 0 Å². The Labute approximate surface area is 165 Å². The fourth-order valence-electron chi connectivity index (χ4n) is 2.58. The van der Waals surface area contributed by atoms with Gasteiger partial charge in [-0.3, -0.25) is 4.79 Å². The first-order valence-electron chi connectivity index (χ1n) is 8.00. The van der Waals surface area contributed by atoms with Crippen molar-refractivity contribution in [1.29, 1.82) is 0 Å². The molecule has 0 heterocycles. The fourth-order valence-corrected chi connectivity index (χ4v) is 3.04. The minimum absolute atomic E-state index is 0.0203. The summed E-state index contributed by atoms with van der Waals surface area (Å²) in [6.45, 7) is 1.22. The van der Waals surface area contributed by atoms with Gasteiger partial charge in [0.1, 0.15) is 11.3 Å². The Morgan fingerprint density at radius 1 is 1.07 bits per heavy atom. The van der Waals surface area contributed by atoms with E-state index in [2.05, 4.69) is 5.32 Å². The molecule has 3 aromatic carbocycles. The van der Waals surface area contributed by atoms with E-state index in [4.69, 9.17) is 27.9 Å². The molecule has 0 bridgehead atoms. The van der Waals surface area contributed by atoms with E-state index in [1.54, 1.807) is 37.3 Å². The predicted molar refractivity (Wildman–Crippen MR) is 106 cm³/mol. The van der Waals surface area contributed by atoms with Crippen molar-refractivity contribution in [3.05, 3.63) is 69.7 Å². The minimum atomic E-state index is -0.810. The van der Waals surface area contributed by atoms with Crippen LogP contribution in [0.3, 0.4) is 0 Å². The molecule has 0 fully saturated rings. The number of benzene rings is 3. The molecule has 0 atom stereocenters. The van der Waals surface area contributed by atoms with Gasteiger partial charge in [0.2, 0.25) is 0 Å². The van der Waals surface area contributed by atoms with E-state index in [0.717, 1.165) is 10.9 Å². The Kier molecular flexibility index (Phi) is 5.54. The molecular weight excluding hydrogens is 389 g/mol.